The maximum atomic E-state index is 12.8. The molecular formula is C13H10Cl2O5S. The van der Waals surface area contributed by atoms with Crippen LogP contribution in [0, 0.1) is 0 Å². The lowest BCUT2D eigenvalue weighted by atomic mass is 10.2. The van der Waals surface area contributed by atoms with Gasteiger partial charge in [-0.2, -0.15) is 0 Å². The second-order valence-electron chi connectivity index (χ2n) is 4.55. The van der Waals surface area contributed by atoms with Crippen LogP contribution in [0.2, 0.25) is 0 Å². The number of halogens is 2. The highest BCUT2D eigenvalue weighted by Gasteiger charge is 2.62. The first-order chi connectivity index (χ1) is 9.91. The van der Waals surface area contributed by atoms with Crippen LogP contribution in [0.3, 0.4) is 0 Å². The number of rotatable bonds is 2. The Kier molecular flexibility index (Phi) is 3.62. The number of allylic oxidation sites excluding steroid dienone is 1. The van der Waals surface area contributed by atoms with Crippen molar-refractivity contribution >= 4 is 38.8 Å². The molecule has 3 rings (SSSR count). The Morgan fingerprint density at radius 3 is 2.29 bits per heavy atom. The number of ether oxygens (including phenoxy) is 2. The number of carbonyl (C=O) groups excluding carboxylic acids is 1. The third-order valence-corrected chi connectivity index (χ3v) is 6.23. The molecule has 2 aliphatic rings. The molecule has 0 radical (unpaired) electrons. The van der Waals surface area contributed by atoms with Crippen molar-refractivity contribution in [3.63, 3.8) is 0 Å². The van der Waals surface area contributed by atoms with Gasteiger partial charge in [-0.25, -0.2) is 8.42 Å². The van der Waals surface area contributed by atoms with Crippen LogP contribution in [0.4, 0.5) is 0 Å². The van der Waals surface area contributed by atoms with Gasteiger partial charge in [0.1, 0.15) is 9.94 Å². The molecule has 5 nitrogen and oxygen atoms in total. The lowest BCUT2D eigenvalue weighted by Gasteiger charge is -2.27. The van der Waals surface area contributed by atoms with Crippen LogP contribution < -0.4 is 0 Å². The second kappa shape index (κ2) is 5.07. The van der Waals surface area contributed by atoms with E-state index in [1.807, 2.05) is 0 Å². The molecule has 1 aliphatic carbocycles. The van der Waals surface area contributed by atoms with Crippen molar-refractivity contribution in [2.75, 3.05) is 13.2 Å². The molecule has 1 aliphatic heterocycles. The molecule has 1 unspecified atom stereocenters. The summed E-state index contributed by atoms with van der Waals surface area (Å²) in [6.07, 6.45) is 0. The highest BCUT2D eigenvalue weighted by atomic mass is 35.5. The summed E-state index contributed by atoms with van der Waals surface area (Å²) in [5, 5.41) is -1.78. The molecule has 1 aromatic rings. The number of sulfone groups is 1. The standard InChI is InChI=1S/C13H10Cl2O5S/c14-9-10(16)11(15)13(19-6-7-20-13)12(9)21(17,18)8-4-2-1-3-5-8/h1-5,11H,6-7H2. The maximum absolute atomic E-state index is 12.8. The first kappa shape index (κ1) is 15.0. The molecule has 1 heterocycles. The third-order valence-electron chi connectivity index (χ3n) is 3.33. The van der Waals surface area contributed by atoms with E-state index in [0.29, 0.717) is 0 Å². The lowest BCUT2D eigenvalue weighted by Crippen LogP contribution is -2.43. The van der Waals surface area contributed by atoms with E-state index in [-0.39, 0.29) is 18.1 Å². The third kappa shape index (κ3) is 2.05. The fraction of sp³-hybridized carbons (Fsp3) is 0.308. The van der Waals surface area contributed by atoms with Crippen molar-refractivity contribution in [2.24, 2.45) is 0 Å². The van der Waals surface area contributed by atoms with Crippen LogP contribution >= 0.6 is 23.2 Å². The average molecular weight is 349 g/mol. The van der Waals surface area contributed by atoms with Crippen molar-refractivity contribution in [1.29, 1.82) is 0 Å². The molecule has 0 aromatic heterocycles. The summed E-state index contributed by atoms with van der Waals surface area (Å²) < 4.78 is 36.3. The van der Waals surface area contributed by atoms with Gasteiger partial charge in [-0.05, 0) is 12.1 Å². The van der Waals surface area contributed by atoms with Gasteiger partial charge in [0.05, 0.1) is 18.1 Å². The summed E-state index contributed by atoms with van der Waals surface area (Å²) >= 11 is 12.0. The number of benzene rings is 1. The van der Waals surface area contributed by atoms with Gasteiger partial charge < -0.3 is 9.47 Å². The minimum atomic E-state index is -4.05. The smallest absolute Gasteiger partial charge is 0.232 e. The molecule has 0 N–H and O–H groups in total. The zero-order valence-corrected chi connectivity index (χ0v) is 12.9. The Labute approximate surface area is 131 Å². The molecule has 1 atom stereocenters. The van der Waals surface area contributed by atoms with Crippen molar-refractivity contribution in [2.45, 2.75) is 16.1 Å². The van der Waals surface area contributed by atoms with E-state index in [4.69, 9.17) is 32.7 Å². The van der Waals surface area contributed by atoms with Crippen LogP contribution in [-0.2, 0) is 24.1 Å². The molecule has 1 saturated heterocycles. The maximum Gasteiger partial charge on any atom is 0.232 e. The highest BCUT2D eigenvalue weighted by molar-refractivity contribution is 7.95. The summed E-state index contributed by atoms with van der Waals surface area (Å²) in [6.45, 7) is 0.267. The molecule has 1 spiro atoms. The van der Waals surface area contributed by atoms with Crippen LogP contribution in [0.25, 0.3) is 0 Å². The Hall–Kier alpha value is -0.920. The molecule has 0 amide bonds. The van der Waals surface area contributed by atoms with Crippen molar-refractivity contribution in [3.05, 3.63) is 40.3 Å². The monoisotopic (exact) mass is 348 g/mol. The molecule has 0 bridgehead atoms. The predicted molar refractivity (Wildman–Crippen MR) is 75.8 cm³/mol. The van der Waals surface area contributed by atoms with Gasteiger partial charge in [-0.3, -0.25) is 4.79 Å². The van der Waals surface area contributed by atoms with Crippen LogP contribution in [-0.4, -0.2) is 38.6 Å². The summed E-state index contributed by atoms with van der Waals surface area (Å²) in [7, 11) is -4.05. The first-order valence-corrected chi connectivity index (χ1v) is 8.37. The van der Waals surface area contributed by atoms with Crippen LogP contribution in [0.5, 0.6) is 0 Å². The van der Waals surface area contributed by atoms with Gasteiger partial charge in [-0.15, -0.1) is 11.6 Å². The van der Waals surface area contributed by atoms with E-state index in [9.17, 15) is 13.2 Å². The van der Waals surface area contributed by atoms with Crippen molar-refractivity contribution in [3.8, 4) is 0 Å². The van der Waals surface area contributed by atoms with E-state index in [0.717, 1.165) is 0 Å². The van der Waals surface area contributed by atoms with Gasteiger partial charge in [0.25, 0.3) is 0 Å². The Morgan fingerprint density at radius 1 is 1.14 bits per heavy atom. The minimum absolute atomic E-state index is 0.00445. The second-order valence-corrected chi connectivity index (χ2v) is 7.25. The quantitative estimate of drug-likeness (QED) is 0.762. The zero-order chi connectivity index (χ0) is 15.3. The number of Topliss-reactive ketones (excluding diaryl/α,β-unsaturated/α-hetero) is 1. The Balaban J connectivity index is 2.22. The van der Waals surface area contributed by atoms with E-state index in [2.05, 4.69) is 0 Å². The number of hydrogen-bond donors (Lipinski definition) is 0. The van der Waals surface area contributed by atoms with Gasteiger partial charge >= 0.3 is 0 Å². The summed E-state index contributed by atoms with van der Waals surface area (Å²) in [4.78, 5) is 11.6. The molecule has 1 fully saturated rings. The molecular weight excluding hydrogens is 339 g/mol. The Morgan fingerprint density at radius 2 is 1.71 bits per heavy atom. The SMILES string of the molecule is O=C1C(Cl)=C(S(=O)(=O)c2ccccc2)C2(OCCO2)C1Cl. The number of alkyl halides is 1. The summed E-state index contributed by atoms with van der Waals surface area (Å²) in [5.74, 6) is -2.54. The van der Waals surface area contributed by atoms with Gasteiger partial charge in [0, 0.05) is 0 Å². The molecule has 1 aromatic carbocycles. The average Bonchev–Trinajstić information content (AvgIpc) is 3.02. The van der Waals surface area contributed by atoms with Gasteiger partial charge in [0.2, 0.25) is 15.6 Å². The predicted octanol–water partition coefficient (Wildman–Crippen LogP) is 1.84. The number of carbonyl (C=O) groups is 1. The normalized spacial score (nSPS) is 25.0. The molecule has 112 valence electrons. The van der Waals surface area contributed by atoms with Crippen molar-refractivity contribution in [1.82, 2.24) is 0 Å². The highest BCUT2D eigenvalue weighted by Crippen LogP contribution is 2.48. The van der Waals surface area contributed by atoms with Crippen LogP contribution in [0.15, 0.2) is 45.2 Å². The summed E-state index contributed by atoms with van der Waals surface area (Å²) in [6, 6.07) is 7.62. The first-order valence-electron chi connectivity index (χ1n) is 6.08. The Bertz CT molecular complexity index is 720. The fourth-order valence-electron chi connectivity index (χ4n) is 2.39. The van der Waals surface area contributed by atoms with E-state index in [1.165, 1.54) is 12.1 Å². The number of hydrogen-bond acceptors (Lipinski definition) is 5. The largest absolute Gasteiger partial charge is 0.341 e. The van der Waals surface area contributed by atoms with E-state index in [1.54, 1.807) is 18.2 Å². The van der Waals surface area contributed by atoms with Crippen LogP contribution in [0.1, 0.15) is 0 Å². The van der Waals surface area contributed by atoms with E-state index >= 15 is 0 Å². The number of ketones is 1. The summed E-state index contributed by atoms with van der Waals surface area (Å²) in [5.41, 5.74) is 0. The molecule has 0 saturated carbocycles. The zero-order valence-electron chi connectivity index (χ0n) is 10.6. The fourth-order valence-corrected chi connectivity index (χ4v) is 5.10. The topological polar surface area (TPSA) is 69.7 Å². The van der Waals surface area contributed by atoms with Gasteiger partial charge in [-0.1, -0.05) is 29.8 Å². The molecule has 21 heavy (non-hydrogen) atoms. The minimum Gasteiger partial charge on any atom is -0.341 e. The molecule has 8 heteroatoms. The lowest BCUT2D eigenvalue weighted by molar-refractivity contribution is -0.135. The van der Waals surface area contributed by atoms with Crippen molar-refractivity contribution < 1.29 is 22.7 Å². The van der Waals surface area contributed by atoms with E-state index < -0.39 is 36.7 Å². The van der Waals surface area contributed by atoms with Gasteiger partial charge in [0.15, 0.2) is 11.2 Å².